The van der Waals surface area contributed by atoms with Gasteiger partial charge >= 0.3 is 0 Å². The number of nitrogens with zero attached hydrogens (tertiary/aromatic N) is 2. The molecule has 0 aromatic heterocycles. The fourth-order valence-corrected chi connectivity index (χ4v) is 2.59. The van der Waals surface area contributed by atoms with Crippen molar-refractivity contribution in [2.45, 2.75) is 13.3 Å². The number of benzene rings is 1. The Morgan fingerprint density at radius 1 is 1.28 bits per heavy atom. The van der Waals surface area contributed by atoms with Crippen molar-refractivity contribution in [1.29, 1.82) is 0 Å². The van der Waals surface area contributed by atoms with Gasteiger partial charge in [-0.3, -0.25) is 9.69 Å². The minimum absolute atomic E-state index is 0.687. The maximum Gasteiger partial charge on any atom is 0.152 e. The summed E-state index contributed by atoms with van der Waals surface area (Å²) >= 11 is 6.02. The molecule has 0 atom stereocenters. The average molecular weight is 267 g/mol. The Morgan fingerprint density at radius 3 is 2.61 bits per heavy atom. The highest BCUT2D eigenvalue weighted by Gasteiger charge is 2.18. The molecule has 1 aromatic rings. The molecule has 0 saturated carbocycles. The fraction of sp³-hybridized carbons (Fsp3) is 0.500. The zero-order valence-corrected chi connectivity index (χ0v) is 11.5. The Bertz CT molecular complexity index is 414. The second-order valence-electron chi connectivity index (χ2n) is 4.65. The molecule has 18 heavy (non-hydrogen) atoms. The Morgan fingerprint density at radius 2 is 2.00 bits per heavy atom. The van der Waals surface area contributed by atoms with Gasteiger partial charge in [0.2, 0.25) is 0 Å². The molecule has 3 nitrogen and oxygen atoms in total. The number of hydrogen-bond acceptors (Lipinski definition) is 3. The van der Waals surface area contributed by atoms with Gasteiger partial charge in [-0.1, -0.05) is 18.5 Å². The summed E-state index contributed by atoms with van der Waals surface area (Å²) < 4.78 is 0. The van der Waals surface area contributed by atoms with Crippen LogP contribution in [0.5, 0.6) is 0 Å². The second-order valence-corrected chi connectivity index (χ2v) is 5.09. The molecular weight excluding hydrogens is 248 g/mol. The highest BCUT2D eigenvalue weighted by atomic mass is 35.5. The van der Waals surface area contributed by atoms with Crippen molar-refractivity contribution >= 4 is 23.6 Å². The summed E-state index contributed by atoms with van der Waals surface area (Å²) in [5, 5.41) is 0.687. The summed E-state index contributed by atoms with van der Waals surface area (Å²) in [5.74, 6) is 0. The number of aldehydes is 1. The Labute approximate surface area is 113 Å². The number of carbonyl (C=O) groups excluding carboxylic acids is 1. The third-order valence-corrected chi connectivity index (χ3v) is 3.61. The molecule has 1 saturated heterocycles. The SMILES string of the molecule is CCCN1CCN(c2cc(Cl)ccc2C=O)CC1. The molecule has 1 fully saturated rings. The Hall–Kier alpha value is -1.06. The maximum absolute atomic E-state index is 11.1. The van der Waals surface area contributed by atoms with E-state index in [1.807, 2.05) is 6.07 Å². The minimum atomic E-state index is 0.687. The van der Waals surface area contributed by atoms with E-state index in [0.29, 0.717) is 5.02 Å². The Balaban J connectivity index is 2.09. The number of halogens is 1. The van der Waals surface area contributed by atoms with Crippen LogP contribution in [0.4, 0.5) is 5.69 Å². The zero-order valence-electron chi connectivity index (χ0n) is 10.7. The lowest BCUT2D eigenvalue weighted by Crippen LogP contribution is -2.46. The van der Waals surface area contributed by atoms with Crippen LogP contribution in [-0.4, -0.2) is 43.9 Å². The molecule has 0 spiro atoms. The van der Waals surface area contributed by atoms with E-state index in [2.05, 4.69) is 16.7 Å². The minimum Gasteiger partial charge on any atom is -0.368 e. The van der Waals surface area contributed by atoms with E-state index in [9.17, 15) is 4.79 Å². The van der Waals surface area contributed by atoms with E-state index in [4.69, 9.17) is 11.6 Å². The third kappa shape index (κ3) is 3.03. The second kappa shape index (κ2) is 6.21. The predicted octanol–water partition coefficient (Wildman–Crippen LogP) is 2.68. The summed E-state index contributed by atoms with van der Waals surface area (Å²) in [6.45, 7) is 7.39. The van der Waals surface area contributed by atoms with Crippen LogP contribution in [0.1, 0.15) is 23.7 Å². The Kier molecular flexibility index (Phi) is 4.61. The van der Waals surface area contributed by atoms with Crippen LogP contribution in [-0.2, 0) is 0 Å². The van der Waals surface area contributed by atoms with Crippen LogP contribution in [0.15, 0.2) is 18.2 Å². The molecule has 2 rings (SSSR count). The van der Waals surface area contributed by atoms with Gasteiger partial charge in [0.1, 0.15) is 0 Å². The molecule has 1 heterocycles. The number of rotatable bonds is 4. The van der Waals surface area contributed by atoms with Crippen LogP contribution in [0.3, 0.4) is 0 Å². The molecule has 4 heteroatoms. The highest BCUT2D eigenvalue weighted by Crippen LogP contribution is 2.24. The van der Waals surface area contributed by atoms with Crippen molar-refractivity contribution in [2.24, 2.45) is 0 Å². The third-order valence-electron chi connectivity index (χ3n) is 3.37. The fourth-order valence-electron chi connectivity index (χ4n) is 2.42. The van der Waals surface area contributed by atoms with E-state index < -0.39 is 0 Å². The molecule has 0 amide bonds. The van der Waals surface area contributed by atoms with Crippen molar-refractivity contribution in [1.82, 2.24) is 4.90 Å². The van der Waals surface area contributed by atoms with Gasteiger partial charge in [0, 0.05) is 42.5 Å². The van der Waals surface area contributed by atoms with Crippen LogP contribution in [0, 0.1) is 0 Å². The van der Waals surface area contributed by atoms with Crippen molar-refractivity contribution < 1.29 is 4.79 Å². The van der Waals surface area contributed by atoms with E-state index >= 15 is 0 Å². The smallest absolute Gasteiger partial charge is 0.152 e. The molecule has 0 radical (unpaired) electrons. The zero-order chi connectivity index (χ0) is 13.0. The average Bonchev–Trinajstić information content (AvgIpc) is 2.40. The topological polar surface area (TPSA) is 23.6 Å². The van der Waals surface area contributed by atoms with Crippen LogP contribution >= 0.6 is 11.6 Å². The van der Waals surface area contributed by atoms with Crippen LogP contribution < -0.4 is 4.90 Å². The molecule has 1 aromatic carbocycles. The first-order valence-corrected chi connectivity index (χ1v) is 6.84. The first kappa shape index (κ1) is 13.4. The summed E-state index contributed by atoms with van der Waals surface area (Å²) in [5.41, 5.74) is 1.69. The van der Waals surface area contributed by atoms with Gasteiger partial charge in [-0.05, 0) is 31.2 Å². The highest BCUT2D eigenvalue weighted by molar-refractivity contribution is 6.31. The standard InChI is InChI=1S/C14H19ClN2O/c1-2-5-16-6-8-17(9-7-16)14-10-13(15)4-3-12(14)11-18/h3-4,10-11H,2,5-9H2,1H3. The lowest BCUT2D eigenvalue weighted by atomic mass is 10.1. The van der Waals surface area contributed by atoms with Gasteiger partial charge in [0.15, 0.2) is 6.29 Å². The van der Waals surface area contributed by atoms with Gasteiger partial charge in [-0.25, -0.2) is 0 Å². The molecule has 98 valence electrons. The molecule has 0 aliphatic carbocycles. The summed E-state index contributed by atoms with van der Waals surface area (Å²) in [6, 6.07) is 5.45. The van der Waals surface area contributed by atoms with E-state index in [-0.39, 0.29) is 0 Å². The van der Waals surface area contributed by atoms with Gasteiger partial charge in [0.25, 0.3) is 0 Å². The number of hydrogen-bond donors (Lipinski definition) is 0. The van der Waals surface area contributed by atoms with Crippen LogP contribution in [0.25, 0.3) is 0 Å². The molecule has 0 bridgehead atoms. The maximum atomic E-state index is 11.1. The van der Waals surface area contributed by atoms with Gasteiger partial charge in [-0.2, -0.15) is 0 Å². The molecular formula is C14H19ClN2O. The van der Waals surface area contributed by atoms with Crippen molar-refractivity contribution in [3.05, 3.63) is 28.8 Å². The summed E-state index contributed by atoms with van der Waals surface area (Å²) in [4.78, 5) is 15.8. The number of anilines is 1. The van der Waals surface area contributed by atoms with Crippen molar-refractivity contribution in [3.63, 3.8) is 0 Å². The molecule has 1 aliphatic rings. The van der Waals surface area contributed by atoms with Crippen molar-refractivity contribution in [3.8, 4) is 0 Å². The first-order chi connectivity index (χ1) is 8.74. The van der Waals surface area contributed by atoms with Crippen molar-refractivity contribution in [2.75, 3.05) is 37.6 Å². The lowest BCUT2D eigenvalue weighted by Gasteiger charge is -2.36. The molecule has 1 aliphatic heterocycles. The van der Waals surface area contributed by atoms with Gasteiger partial charge in [-0.15, -0.1) is 0 Å². The number of carbonyl (C=O) groups is 1. The predicted molar refractivity (Wildman–Crippen MR) is 75.8 cm³/mol. The van der Waals surface area contributed by atoms with E-state index in [1.165, 1.54) is 6.42 Å². The first-order valence-electron chi connectivity index (χ1n) is 6.46. The largest absolute Gasteiger partial charge is 0.368 e. The molecule has 0 unspecified atom stereocenters. The monoisotopic (exact) mass is 266 g/mol. The van der Waals surface area contributed by atoms with E-state index in [0.717, 1.165) is 50.3 Å². The summed E-state index contributed by atoms with van der Waals surface area (Å²) in [6.07, 6.45) is 2.10. The van der Waals surface area contributed by atoms with Gasteiger partial charge < -0.3 is 4.90 Å². The normalized spacial score (nSPS) is 16.9. The molecule has 0 N–H and O–H groups in total. The van der Waals surface area contributed by atoms with Crippen LogP contribution in [0.2, 0.25) is 5.02 Å². The van der Waals surface area contributed by atoms with Gasteiger partial charge in [0.05, 0.1) is 0 Å². The lowest BCUT2D eigenvalue weighted by molar-refractivity contribution is 0.112. The number of piperazine rings is 1. The quantitative estimate of drug-likeness (QED) is 0.783. The van der Waals surface area contributed by atoms with E-state index in [1.54, 1.807) is 12.1 Å². The summed E-state index contributed by atoms with van der Waals surface area (Å²) in [7, 11) is 0.